The van der Waals surface area contributed by atoms with Gasteiger partial charge in [-0.15, -0.1) is 0 Å². The molecule has 30 heavy (non-hydrogen) atoms. The van der Waals surface area contributed by atoms with Crippen molar-refractivity contribution >= 4 is 11.6 Å². The number of hydrogen-bond acceptors (Lipinski definition) is 5. The van der Waals surface area contributed by atoms with Gasteiger partial charge in [0.15, 0.2) is 0 Å². The topological polar surface area (TPSA) is 54.0 Å². The number of ether oxygens (including phenoxy) is 2. The lowest BCUT2D eigenvalue weighted by atomic mass is 10.1. The van der Waals surface area contributed by atoms with Gasteiger partial charge in [0.25, 0.3) is 0 Å². The zero-order valence-corrected chi connectivity index (χ0v) is 18.1. The van der Waals surface area contributed by atoms with Gasteiger partial charge in [0.2, 0.25) is 5.91 Å². The standard InChI is InChI=1S/C23H30FN3O3/c1-16-5-6-19(24)14-21(16)25-23(28)17(2)27-11-9-26(10-12-27)15-18-13-20(29-3)7-8-22(18)30-4/h5-8,13-14,17H,9-12,15H2,1-4H3,(H,25,28). The van der Waals surface area contributed by atoms with Gasteiger partial charge in [0.05, 0.1) is 20.3 Å². The number of aryl methyl sites for hydroxylation is 1. The number of methoxy groups -OCH3 is 2. The Kier molecular flexibility index (Phi) is 7.29. The molecule has 6 nitrogen and oxygen atoms in total. The Morgan fingerprint density at radius 2 is 1.83 bits per heavy atom. The van der Waals surface area contributed by atoms with Crippen LogP contribution in [0.2, 0.25) is 0 Å². The number of carbonyl (C=O) groups excluding carboxylic acids is 1. The van der Waals surface area contributed by atoms with Gasteiger partial charge in [-0.3, -0.25) is 14.6 Å². The molecule has 1 saturated heterocycles. The Hall–Kier alpha value is -2.64. The summed E-state index contributed by atoms with van der Waals surface area (Å²) in [5, 5.41) is 2.86. The number of benzene rings is 2. The van der Waals surface area contributed by atoms with E-state index in [9.17, 15) is 9.18 Å². The second-order valence-corrected chi connectivity index (χ2v) is 7.61. The van der Waals surface area contributed by atoms with Crippen molar-refractivity contribution in [3.63, 3.8) is 0 Å². The molecule has 0 spiro atoms. The minimum atomic E-state index is -0.356. The molecule has 3 rings (SSSR count). The van der Waals surface area contributed by atoms with E-state index in [1.807, 2.05) is 32.0 Å². The summed E-state index contributed by atoms with van der Waals surface area (Å²) < 4.78 is 24.3. The Balaban J connectivity index is 1.56. The fourth-order valence-electron chi connectivity index (χ4n) is 3.69. The van der Waals surface area contributed by atoms with E-state index in [0.29, 0.717) is 5.69 Å². The van der Waals surface area contributed by atoms with Crippen LogP contribution in [-0.4, -0.2) is 62.1 Å². The van der Waals surface area contributed by atoms with Crippen LogP contribution in [-0.2, 0) is 11.3 Å². The minimum Gasteiger partial charge on any atom is -0.497 e. The van der Waals surface area contributed by atoms with Gasteiger partial charge in [-0.25, -0.2) is 4.39 Å². The normalized spacial score (nSPS) is 16.2. The molecule has 2 aromatic carbocycles. The number of halogens is 1. The minimum absolute atomic E-state index is 0.119. The zero-order valence-electron chi connectivity index (χ0n) is 18.1. The largest absolute Gasteiger partial charge is 0.497 e. The van der Waals surface area contributed by atoms with Crippen LogP contribution in [0.1, 0.15) is 18.1 Å². The molecule has 0 aromatic heterocycles. The number of hydrogen-bond donors (Lipinski definition) is 1. The predicted octanol–water partition coefficient (Wildman–Crippen LogP) is 3.30. The number of rotatable bonds is 7. The van der Waals surface area contributed by atoms with Crippen molar-refractivity contribution in [2.45, 2.75) is 26.4 Å². The van der Waals surface area contributed by atoms with Gasteiger partial charge in [-0.1, -0.05) is 6.07 Å². The summed E-state index contributed by atoms with van der Waals surface area (Å²) in [6.45, 7) is 7.76. The van der Waals surface area contributed by atoms with Crippen LogP contribution < -0.4 is 14.8 Å². The van der Waals surface area contributed by atoms with Crippen molar-refractivity contribution < 1.29 is 18.7 Å². The monoisotopic (exact) mass is 415 g/mol. The fourth-order valence-corrected chi connectivity index (χ4v) is 3.69. The van der Waals surface area contributed by atoms with Gasteiger partial charge in [0.1, 0.15) is 17.3 Å². The lowest BCUT2D eigenvalue weighted by molar-refractivity contribution is -0.121. The number of carbonyl (C=O) groups is 1. The molecule has 162 valence electrons. The fraction of sp³-hybridized carbons (Fsp3) is 0.435. The average molecular weight is 416 g/mol. The Labute approximate surface area is 177 Å². The highest BCUT2D eigenvalue weighted by Crippen LogP contribution is 2.26. The van der Waals surface area contributed by atoms with E-state index in [0.717, 1.165) is 55.3 Å². The number of piperazine rings is 1. The number of anilines is 1. The number of nitrogens with one attached hydrogen (secondary N) is 1. The van der Waals surface area contributed by atoms with Gasteiger partial charge in [-0.05, 0) is 49.7 Å². The van der Waals surface area contributed by atoms with Crippen molar-refractivity contribution in [2.75, 3.05) is 45.7 Å². The second-order valence-electron chi connectivity index (χ2n) is 7.61. The lowest BCUT2D eigenvalue weighted by Crippen LogP contribution is -2.52. The Morgan fingerprint density at radius 1 is 1.10 bits per heavy atom. The van der Waals surface area contributed by atoms with Crippen LogP contribution in [0.5, 0.6) is 11.5 Å². The molecule has 2 aromatic rings. The van der Waals surface area contributed by atoms with Gasteiger partial charge in [-0.2, -0.15) is 0 Å². The van der Waals surface area contributed by atoms with Crippen LogP contribution >= 0.6 is 0 Å². The maximum Gasteiger partial charge on any atom is 0.241 e. The quantitative estimate of drug-likeness (QED) is 0.752. The van der Waals surface area contributed by atoms with Crippen LogP contribution in [0.15, 0.2) is 36.4 Å². The molecule has 1 amide bonds. The smallest absolute Gasteiger partial charge is 0.241 e. The van der Waals surface area contributed by atoms with E-state index in [-0.39, 0.29) is 17.8 Å². The molecule has 0 radical (unpaired) electrons. The third-order valence-electron chi connectivity index (χ3n) is 5.67. The highest BCUT2D eigenvalue weighted by Gasteiger charge is 2.26. The zero-order chi connectivity index (χ0) is 21.7. The Bertz CT molecular complexity index is 882. The van der Waals surface area contributed by atoms with E-state index >= 15 is 0 Å². The summed E-state index contributed by atoms with van der Waals surface area (Å²) in [6, 6.07) is 9.95. The van der Waals surface area contributed by atoms with Crippen molar-refractivity contribution in [3.8, 4) is 11.5 Å². The van der Waals surface area contributed by atoms with E-state index in [1.165, 1.54) is 12.1 Å². The first-order valence-corrected chi connectivity index (χ1v) is 10.2. The van der Waals surface area contributed by atoms with Crippen LogP contribution in [0.25, 0.3) is 0 Å². The molecule has 1 unspecified atom stereocenters. The van der Waals surface area contributed by atoms with E-state index in [1.54, 1.807) is 20.3 Å². The molecular weight excluding hydrogens is 385 g/mol. The third-order valence-corrected chi connectivity index (χ3v) is 5.67. The molecular formula is C23H30FN3O3. The van der Waals surface area contributed by atoms with Crippen LogP contribution in [0.4, 0.5) is 10.1 Å². The van der Waals surface area contributed by atoms with Crippen molar-refractivity contribution in [2.24, 2.45) is 0 Å². The van der Waals surface area contributed by atoms with E-state index in [4.69, 9.17) is 9.47 Å². The maximum atomic E-state index is 13.5. The van der Waals surface area contributed by atoms with Crippen molar-refractivity contribution in [1.82, 2.24) is 9.80 Å². The molecule has 0 bridgehead atoms. The molecule has 1 atom stereocenters. The van der Waals surface area contributed by atoms with E-state index < -0.39 is 0 Å². The molecule has 0 aliphatic carbocycles. The maximum absolute atomic E-state index is 13.5. The highest BCUT2D eigenvalue weighted by atomic mass is 19.1. The predicted molar refractivity (Wildman–Crippen MR) is 116 cm³/mol. The SMILES string of the molecule is COc1ccc(OC)c(CN2CCN(C(C)C(=O)Nc3cc(F)ccc3C)CC2)c1. The van der Waals surface area contributed by atoms with Gasteiger partial charge in [0, 0.05) is 44.0 Å². The molecule has 0 saturated carbocycles. The first-order valence-electron chi connectivity index (χ1n) is 10.2. The lowest BCUT2D eigenvalue weighted by Gasteiger charge is -2.37. The molecule has 1 fully saturated rings. The Morgan fingerprint density at radius 3 is 2.50 bits per heavy atom. The molecule has 7 heteroatoms. The summed E-state index contributed by atoms with van der Waals surface area (Å²) in [5.74, 6) is 1.18. The average Bonchev–Trinajstić information content (AvgIpc) is 2.76. The summed E-state index contributed by atoms with van der Waals surface area (Å²) in [7, 11) is 3.33. The highest BCUT2D eigenvalue weighted by molar-refractivity contribution is 5.95. The van der Waals surface area contributed by atoms with Crippen LogP contribution in [0, 0.1) is 12.7 Å². The summed E-state index contributed by atoms with van der Waals surface area (Å²) in [5.41, 5.74) is 2.45. The first-order chi connectivity index (χ1) is 14.4. The number of amides is 1. The van der Waals surface area contributed by atoms with Crippen molar-refractivity contribution in [3.05, 3.63) is 53.3 Å². The summed E-state index contributed by atoms with van der Waals surface area (Å²) in [6.07, 6.45) is 0. The molecule has 1 aliphatic heterocycles. The number of nitrogens with zero attached hydrogens (tertiary/aromatic N) is 2. The summed E-state index contributed by atoms with van der Waals surface area (Å²) in [4.78, 5) is 17.2. The summed E-state index contributed by atoms with van der Waals surface area (Å²) >= 11 is 0. The molecule has 1 heterocycles. The van der Waals surface area contributed by atoms with Gasteiger partial charge >= 0.3 is 0 Å². The van der Waals surface area contributed by atoms with Gasteiger partial charge < -0.3 is 14.8 Å². The molecule has 1 N–H and O–H groups in total. The van der Waals surface area contributed by atoms with Crippen LogP contribution in [0.3, 0.4) is 0 Å². The molecule has 1 aliphatic rings. The first kappa shape index (κ1) is 22.1. The third kappa shape index (κ3) is 5.29. The second kappa shape index (κ2) is 9.91. The van der Waals surface area contributed by atoms with Crippen molar-refractivity contribution in [1.29, 1.82) is 0 Å². The van der Waals surface area contributed by atoms with E-state index in [2.05, 4.69) is 15.1 Å².